The molecule has 0 bridgehead atoms. The molecule has 2 atom stereocenters. The summed E-state index contributed by atoms with van der Waals surface area (Å²) in [5.41, 5.74) is 1.17. The monoisotopic (exact) mass is 716 g/mol. The molecule has 0 saturated carbocycles. The Morgan fingerprint density at radius 1 is 0.740 bits per heavy atom. The molecule has 0 spiro atoms. The number of amides is 1. The minimum absolute atomic E-state index is 0.145. The van der Waals surface area contributed by atoms with E-state index in [0.29, 0.717) is 55.2 Å². The lowest BCUT2D eigenvalue weighted by Gasteiger charge is -2.25. The number of nitrogens with one attached hydrogen (secondary N) is 2. The first kappa shape index (κ1) is 39.8. The fourth-order valence-corrected chi connectivity index (χ4v) is 6.44. The van der Waals surface area contributed by atoms with E-state index in [1.807, 2.05) is 18.2 Å². The lowest BCUT2D eigenvalue weighted by molar-refractivity contribution is -0.142. The summed E-state index contributed by atoms with van der Waals surface area (Å²) in [4.78, 5) is 24.9. The molecule has 1 unspecified atom stereocenters. The quantitative estimate of drug-likeness (QED) is 0.0755. The van der Waals surface area contributed by atoms with E-state index < -0.39 is 31.5 Å². The van der Waals surface area contributed by atoms with Crippen LogP contribution in [0.4, 0.5) is 4.79 Å². The summed E-state index contributed by atoms with van der Waals surface area (Å²) in [5, 5.41) is 5.49. The maximum absolute atomic E-state index is 14.5. The van der Waals surface area contributed by atoms with Gasteiger partial charge >= 0.3 is 19.8 Å². The van der Waals surface area contributed by atoms with Gasteiger partial charge in [-0.3, -0.25) is 4.79 Å². The van der Waals surface area contributed by atoms with E-state index in [-0.39, 0.29) is 17.9 Å². The number of hydrogen-bond acceptors (Lipinski definition) is 11. The van der Waals surface area contributed by atoms with Crippen molar-refractivity contribution in [1.29, 1.82) is 0 Å². The first-order valence-corrected chi connectivity index (χ1v) is 17.7. The van der Waals surface area contributed by atoms with Crippen LogP contribution in [0.3, 0.4) is 0 Å². The van der Waals surface area contributed by atoms with Crippen molar-refractivity contribution in [2.45, 2.75) is 64.5 Å². The first-order chi connectivity index (χ1) is 23.8. The van der Waals surface area contributed by atoms with Gasteiger partial charge in [-0.05, 0) is 100 Å². The number of hydrogen-bond donors (Lipinski definition) is 2. The molecule has 14 heteroatoms. The largest absolute Gasteiger partial charge is 0.513 e. The average Bonchev–Trinajstić information content (AvgIpc) is 3.08. The van der Waals surface area contributed by atoms with Crippen LogP contribution in [0, 0.1) is 0 Å². The predicted molar refractivity (Wildman–Crippen MR) is 189 cm³/mol. The third kappa shape index (κ3) is 12.4. The van der Waals surface area contributed by atoms with E-state index in [2.05, 4.69) is 10.4 Å². The third-order valence-corrected chi connectivity index (χ3v) is 8.75. The summed E-state index contributed by atoms with van der Waals surface area (Å²) < 4.78 is 58.8. The van der Waals surface area contributed by atoms with Crippen molar-refractivity contribution in [1.82, 2.24) is 10.4 Å². The molecule has 2 N–H and O–H groups in total. The molecule has 0 aliphatic rings. The Morgan fingerprint density at radius 3 is 1.94 bits per heavy atom. The number of carbonyl (C=O) groups is 2. The van der Waals surface area contributed by atoms with E-state index >= 15 is 0 Å². The topological polar surface area (TPSA) is 149 Å². The van der Waals surface area contributed by atoms with Crippen LogP contribution < -0.4 is 38.4 Å². The van der Waals surface area contributed by atoms with Crippen molar-refractivity contribution < 1.29 is 51.6 Å². The molecule has 274 valence electrons. The zero-order valence-electron chi connectivity index (χ0n) is 30.0. The van der Waals surface area contributed by atoms with Gasteiger partial charge in [-0.25, -0.2) is 9.36 Å². The van der Waals surface area contributed by atoms with Gasteiger partial charge in [0.2, 0.25) is 5.75 Å². The lowest BCUT2D eigenvalue weighted by atomic mass is 10.0. The van der Waals surface area contributed by atoms with Gasteiger partial charge in [-0.2, -0.15) is 5.09 Å². The van der Waals surface area contributed by atoms with E-state index in [9.17, 15) is 14.2 Å². The van der Waals surface area contributed by atoms with E-state index in [0.717, 1.165) is 11.1 Å². The number of unbranched alkanes of at least 4 members (excludes halogenated alkanes) is 1. The van der Waals surface area contributed by atoms with E-state index in [1.165, 1.54) is 14.2 Å². The molecule has 0 radical (unpaired) electrons. The van der Waals surface area contributed by atoms with E-state index in [1.54, 1.807) is 84.6 Å². The molecular formula is C36H49N2O11P. The molecule has 13 nitrogen and oxygen atoms in total. The van der Waals surface area contributed by atoms with Crippen molar-refractivity contribution in [2.24, 2.45) is 0 Å². The molecule has 0 aliphatic heterocycles. The average molecular weight is 717 g/mol. The maximum atomic E-state index is 14.5. The number of ether oxygens (including phenoxy) is 6. The molecule has 3 aromatic rings. The highest BCUT2D eigenvalue weighted by Gasteiger charge is 2.36. The second kappa shape index (κ2) is 19.0. The zero-order chi connectivity index (χ0) is 36.7. The van der Waals surface area contributed by atoms with Gasteiger partial charge in [-0.1, -0.05) is 24.3 Å². The maximum Gasteiger partial charge on any atom is 0.513 e. The van der Waals surface area contributed by atoms with Crippen LogP contribution >= 0.6 is 7.75 Å². The molecule has 1 amide bonds. The number of para-hydroxylation sites is 1. The van der Waals surface area contributed by atoms with Gasteiger partial charge < -0.3 is 42.8 Å². The van der Waals surface area contributed by atoms with Gasteiger partial charge in [0, 0.05) is 6.54 Å². The summed E-state index contributed by atoms with van der Waals surface area (Å²) in [5.74, 6) is 1.65. The lowest BCUT2D eigenvalue weighted by Crippen LogP contribution is -2.38. The van der Waals surface area contributed by atoms with Crippen LogP contribution in [0.1, 0.15) is 51.2 Å². The minimum atomic E-state index is -4.32. The zero-order valence-corrected chi connectivity index (χ0v) is 30.9. The molecule has 3 rings (SSSR count). The smallest absolute Gasteiger partial charge is 0.493 e. The van der Waals surface area contributed by atoms with Crippen LogP contribution in [0.15, 0.2) is 60.7 Å². The number of esters is 1. The summed E-state index contributed by atoms with van der Waals surface area (Å²) in [6.45, 7) is 5.65. The van der Waals surface area contributed by atoms with Crippen molar-refractivity contribution in [3.63, 3.8) is 0 Å². The molecule has 0 heterocycles. The number of aryl methyl sites for hydroxylation is 2. The number of carbonyl (C=O) groups excluding carboxylic acids is 2. The molecule has 3 aromatic carbocycles. The minimum Gasteiger partial charge on any atom is -0.493 e. The van der Waals surface area contributed by atoms with Crippen LogP contribution in [-0.2, 0) is 31.7 Å². The highest BCUT2D eigenvalue weighted by atomic mass is 31.2. The van der Waals surface area contributed by atoms with Crippen molar-refractivity contribution in [2.75, 3.05) is 42.1 Å². The van der Waals surface area contributed by atoms with Crippen LogP contribution in [0.25, 0.3) is 0 Å². The fourth-order valence-electron chi connectivity index (χ4n) is 4.88. The van der Waals surface area contributed by atoms with Crippen LogP contribution in [0.5, 0.6) is 34.5 Å². The Bertz CT molecular complexity index is 1570. The van der Waals surface area contributed by atoms with Gasteiger partial charge in [0.05, 0.1) is 35.5 Å². The first-order valence-electron chi connectivity index (χ1n) is 16.2. The second-order valence-corrected chi connectivity index (χ2v) is 13.8. The standard InChI is InChI=1S/C36H49N2O11P/c1-36(2,3)47-35(40)37-21-13-12-16-28(34(39)46-8)38-50(41,48-27-14-10-9-11-15-27)49-30-22-25(19-20-29(30)42-4)17-18-26-23-31(43-5)33(45-7)32(24-26)44-6/h9-11,14-15,19-20,22-24,28H,12-13,16-18,21H2,1-8H3,(H,37,40)(H,38,41)/t28-,50?/m1/s1. The number of alkyl carbamates (subject to hydrolysis) is 1. The highest BCUT2D eigenvalue weighted by molar-refractivity contribution is 7.52. The third-order valence-electron chi connectivity index (χ3n) is 7.23. The Morgan fingerprint density at radius 2 is 1.36 bits per heavy atom. The van der Waals surface area contributed by atoms with Gasteiger partial charge in [0.25, 0.3) is 0 Å². The number of methoxy groups -OCH3 is 5. The summed E-state index contributed by atoms with van der Waals surface area (Å²) in [7, 11) is 3.07. The highest BCUT2D eigenvalue weighted by Crippen LogP contribution is 2.48. The molecule has 0 fully saturated rings. The van der Waals surface area contributed by atoms with Crippen LogP contribution in [-0.4, -0.2) is 65.8 Å². The summed E-state index contributed by atoms with van der Waals surface area (Å²) in [6.07, 6.45) is 1.83. The predicted octanol–water partition coefficient (Wildman–Crippen LogP) is 6.90. The Kier molecular flexibility index (Phi) is 15.1. The molecule has 0 aliphatic carbocycles. The number of rotatable bonds is 19. The van der Waals surface area contributed by atoms with Crippen molar-refractivity contribution in [3.05, 3.63) is 71.8 Å². The Hall–Kier alpha value is -4.61. The molecular weight excluding hydrogens is 667 g/mol. The van der Waals surface area contributed by atoms with Gasteiger partial charge in [0.1, 0.15) is 17.4 Å². The molecule has 0 aromatic heterocycles. The van der Waals surface area contributed by atoms with E-state index in [4.69, 9.17) is 37.5 Å². The van der Waals surface area contributed by atoms with Crippen LogP contribution in [0.2, 0.25) is 0 Å². The molecule has 0 saturated heterocycles. The summed E-state index contributed by atoms with van der Waals surface area (Å²) in [6, 6.07) is 16.5. The van der Waals surface area contributed by atoms with Gasteiger partial charge in [0.15, 0.2) is 23.0 Å². The second-order valence-electron chi connectivity index (χ2n) is 12.1. The summed E-state index contributed by atoms with van der Waals surface area (Å²) >= 11 is 0. The SMILES string of the molecule is COC(=O)[C@@H](CCCCNC(=O)OC(C)(C)C)NP(=O)(Oc1ccccc1)Oc1cc(CCc2cc(OC)c(OC)c(OC)c2)ccc1OC. The number of benzene rings is 3. The molecule has 50 heavy (non-hydrogen) atoms. The fraction of sp³-hybridized carbons (Fsp3) is 0.444. The van der Waals surface area contributed by atoms with Crippen molar-refractivity contribution in [3.8, 4) is 34.5 Å². The Balaban J connectivity index is 1.82. The Labute approximate surface area is 294 Å². The normalized spacial score (nSPS) is 12.9. The van der Waals surface area contributed by atoms with Gasteiger partial charge in [-0.15, -0.1) is 0 Å². The van der Waals surface area contributed by atoms with Crippen molar-refractivity contribution >= 4 is 19.8 Å².